The molecule has 0 aliphatic carbocycles. The molecule has 2 heterocycles. The topological polar surface area (TPSA) is 54.0 Å². The molecule has 0 fully saturated rings. The number of hydrogen-bond acceptors (Lipinski definition) is 3. The van der Waals surface area contributed by atoms with E-state index in [-0.39, 0.29) is 0 Å². The van der Waals surface area contributed by atoms with Gasteiger partial charge in [-0.05, 0) is 18.2 Å². The SMILES string of the molecule is N#Cc1ccn2nc(-c3ccccc3Br)nc2c1. The second-order valence-electron chi connectivity index (χ2n) is 3.75. The summed E-state index contributed by atoms with van der Waals surface area (Å²) in [5.74, 6) is 0.637. The minimum atomic E-state index is 0.577. The molecule has 18 heavy (non-hydrogen) atoms. The lowest BCUT2D eigenvalue weighted by Gasteiger charge is -1.96. The van der Waals surface area contributed by atoms with E-state index in [4.69, 9.17) is 5.26 Å². The molecule has 0 atom stereocenters. The monoisotopic (exact) mass is 298 g/mol. The molecule has 4 nitrogen and oxygen atoms in total. The minimum Gasteiger partial charge on any atom is -0.220 e. The Labute approximate surface area is 112 Å². The van der Waals surface area contributed by atoms with E-state index < -0.39 is 0 Å². The second-order valence-corrected chi connectivity index (χ2v) is 4.60. The Kier molecular flexibility index (Phi) is 2.58. The summed E-state index contributed by atoms with van der Waals surface area (Å²) >= 11 is 3.48. The van der Waals surface area contributed by atoms with Crippen LogP contribution < -0.4 is 0 Å². The number of nitrogens with zero attached hydrogens (tertiary/aromatic N) is 4. The van der Waals surface area contributed by atoms with Crippen molar-refractivity contribution in [2.75, 3.05) is 0 Å². The Morgan fingerprint density at radius 3 is 2.83 bits per heavy atom. The molecule has 0 spiro atoms. The Balaban J connectivity index is 2.20. The van der Waals surface area contributed by atoms with E-state index >= 15 is 0 Å². The maximum Gasteiger partial charge on any atom is 0.183 e. The first kappa shape index (κ1) is 10.9. The quantitative estimate of drug-likeness (QED) is 0.694. The molecule has 0 N–H and O–H groups in total. The number of rotatable bonds is 1. The molecule has 3 aromatic rings. The zero-order chi connectivity index (χ0) is 12.5. The third-order valence-corrected chi connectivity index (χ3v) is 3.27. The summed E-state index contributed by atoms with van der Waals surface area (Å²) in [5.41, 5.74) is 2.17. The van der Waals surface area contributed by atoms with E-state index in [0.717, 1.165) is 10.0 Å². The van der Waals surface area contributed by atoms with Gasteiger partial charge < -0.3 is 0 Å². The number of nitriles is 1. The van der Waals surface area contributed by atoms with Gasteiger partial charge >= 0.3 is 0 Å². The number of halogens is 1. The highest BCUT2D eigenvalue weighted by Gasteiger charge is 2.09. The summed E-state index contributed by atoms with van der Waals surface area (Å²) in [4.78, 5) is 4.42. The minimum absolute atomic E-state index is 0.577. The van der Waals surface area contributed by atoms with Crippen molar-refractivity contribution in [3.8, 4) is 17.5 Å². The lowest BCUT2D eigenvalue weighted by Crippen LogP contribution is -1.87. The van der Waals surface area contributed by atoms with Gasteiger partial charge in [0.2, 0.25) is 0 Å². The Morgan fingerprint density at radius 2 is 2.06 bits per heavy atom. The standard InChI is InChI=1S/C13H7BrN4/c14-11-4-2-1-3-10(11)13-16-12-7-9(8-15)5-6-18(12)17-13/h1-7H. The van der Waals surface area contributed by atoms with Crippen molar-refractivity contribution in [3.63, 3.8) is 0 Å². The van der Waals surface area contributed by atoms with Crippen LogP contribution in [0.25, 0.3) is 17.0 Å². The van der Waals surface area contributed by atoms with Crippen LogP contribution >= 0.6 is 15.9 Å². The highest BCUT2D eigenvalue weighted by molar-refractivity contribution is 9.10. The summed E-state index contributed by atoms with van der Waals surface area (Å²) in [6.07, 6.45) is 1.74. The Morgan fingerprint density at radius 1 is 1.22 bits per heavy atom. The molecule has 0 saturated carbocycles. The van der Waals surface area contributed by atoms with Gasteiger partial charge in [-0.2, -0.15) is 5.26 Å². The van der Waals surface area contributed by atoms with Crippen molar-refractivity contribution in [2.45, 2.75) is 0 Å². The normalized spacial score (nSPS) is 10.4. The first-order chi connectivity index (χ1) is 8.78. The van der Waals surface area contributed by atoms with E-state index in [9.17, 15) is 0 Å². The van der Waals surface area contributed by atoms with Crippen molar-refractivity contribution >= 4 is 21.6 Å². The van der Waals surface area contributed by atoms with Gasteiger partial charge in [-0.3, -0.25) is 0 Å². The smallest absolute Gasteiger partial charge is 0.183 e. The van der Waals surface area contributed by atoms with Crippen LogP contribution in [0, 0.1) is 11.3 Å². The van der Waals surface area contributed by atoms with Crippen LogP contribution in [0.15, 0.2) is 47.1 Å². The third kappa shape index (κ3) is 1.77. The van der Waals surface area contributed by atoms with E-state index in [0.29, 0.717) is 17.0 Å². The molecule has 0 saturated heterocycles. The number of aromatic nitrogens is 3. The van der Waals surface area contributed by atoms with Gasteiger partial charge in [-0.1, -0.05) is 28.1 Å². The molecule has 5 heteroatoms. The molecular weight excluding hydrogens is 292 g/mol. The Bertz CT molecular complexity index is 770. The molecule has 3 rings (SSSR count). The molecule has 0 radical (unpaired) electrons. The lowest BCUT2D eigenvalue weighted by atomic mass is 10.2. The van der Waals surface area contributed by atoms with Gasteiger partial charge in [0, 0.05) is 22.3 Å². The summed E-state index contributed by atoms with van der Waals surface area (Å²) in [5, 5.41) is 13.2. The fraction of sp³-hybridized carbons (Fsp3) is 0. The molecule has 86 valence electrons. The van der Waals surface area contributed by atoms with Crippen molar-refractivity contribution in [3.05, 3.63) is 52.6 Å². The van der Waals surface area contributed by atoms with Crippen LogP contribution in [0.3, 0.4) is 0 Å². The number of hydrogen-bond donors (Lipinski definition) is 0. The van der Waals surface area contributed by atoms with Crippen LogP contribution in [-0.2, 0) is 0 Å². The molecule has 2 aromatic heterocycles. The fourth-order valence-electron chi connectivity index (χ4n) is 1.71. The van der Waals surface area contributed by atoms with Crippen molar-refractivity contribution in [1.82, 2.24) is 14.6 Å². The predicted molar refractivity (Wildman–Crippen MR) is 70.8 cm³/mol. The highest BCUT2D eigenvalue weighted by Crippen LogP contribution is 2.25. The van der Waals surface area contributed by atoms with Crippen LogP contribution in [0.2, 0.25) is 0 Å². The van der Waals surface area contributed by atoms with Crippen LogP contribution in [-0.4, -0.2) is 14.6 Å². The first-order valence-electron chi connectivity index (χ1n) is 5.29. The molecule has 0 aliphatic rings. The Hall–Kier alpha value is -2.19. The van der Waals surface area contributed by atoms with E-state index in [2.05, 4.69) is 32.1 Å². The van der Waals surface area contributed by atoms with E-state index in [1.807, 2.05) is 24.3 Å². The van der Waals surface area contributed by atoms with E-state index in [1.54, 1.807) is 22.8 Å². The van der Waals surface area contributed by atoms with Crippen molar-refractivity contribution in [2.24, 2.45) is 0 Å². The second kappa shape index (κ2) is 4.24. The van der Waals surface area contributed by atoms with Gasteiger partial charge in [0.25, 0.3) is 0 Å². The van der Waals surface area contributed by atoms with Gasteiger partial charge in [-0.25, -0.2) is 9.50 Å². The molecule has 0 amide bonds. The summed E-state index contributed by atoms with van der Waals surface area (Å²) in [6.45, 7) is 0. The van der Waals surface area contributed by atoms with Gasteiger partial charge in [0.1, 0.15) is 0 Å². The first-order valence-corrected chi connectivity index (χ1v) is 6.08. The average Bonchev–Trinajstić information content (AvgIpc) is 2.81. The van der Waals surface area contributed by atoms with E-state index in [1.165, 1.54) is 0 Å². The summed E-state index contributed by atoms with van der Waals surface area (Å²) < 4.78 is 2.61. The number of benzene rings is 1. The van der Waals surface area contributed by atoms with Crippen molar-refractivity contribution < 1.29 is 0 Å². The third-order valence-electron chi connectivity index (χ3n) is 2.58. The average molecular weight is 299 g/mol. The molecule has 0 aliphatic heterocycles. The summed E-state index contributed by atoms with van der Waals surface area (Å²) in [7, 11) is 0. The zero-order valence-electron chi connectivity index (χ0n) is 9.21. The van der Waals surface area contributed by atoms with Crippen LogP contribution in [0.5, 0.6) is 0 Å². The lowest BCUT2D eigenvalue weighted by molar-refractivity contribution is 0.964. The van der Waals surface area contributed by atoms with Crippen molar-refractivity contribution in [1.29, 1.82) is 5.26 Å². The zero-order valence-corrected chi connectivity index (χ0v) is 10.8. The van der Waals surface area contributed by atoms with Crippen LogP contribution in [0.1, 0.15) is 5.56 Å². The molecule has 0 bridgehead atoms. The number of fused-ring (bicyclic) bond motifs is 1. The summed E-state index contributed by atoms with van der Waals surface area (Å²) in [6, 6.07) is 13.3. The predicted octanol–water partition coefficient (Wildman–Crippen LogP) is 3.03. The molecule has 0 unspecified atom stereocenters. The fourth-order valence-corrected chi connectivity index (χ4v) is 2.17. The van der Waals surface area contributed by atoms with Gasteiger partial charge in [0.05, 0.1) is 11.6 Å². The van der Waals surface area contributed by atoms with Gasteiger partial charge in [0.15, 0.2) is 11.5 Å². The maximum absolute atomic E-state index is 8.85. The van der Waals surface area contributed by atoms with Gasteiger partial charge in [-0.15, -0.1) is 5.10 Å². The maximum atomic E-state index is 8.85. The van der Waals surface area contributed by atoms with Crippen LogP contribution in [0.4, 0.5) is 0 Å². The largest absolute Gasteiger partial charge is 0.220 e. The highest BCUT2D eigenvalue weighted by atomic mass is 79.9. The number of pyridine rings is 1. The molecular formula is C13H7BrN4. The molecule has 1 aromatic carbocycles.